The summed E-state index contributed by atoms with van der Waals surface area (Å²) in [6, 6.07) is 61.0. The quantitative estimate of drug-likeness (QED) is 0.180. The molecule has 1 heterocycles. The minimum absolute atomic E-state index is 0.572. The van der Waals surface area contributed by atoms with Crippen LogP contribution in [-0.4, -0.2) is 15.0 Å². The monoisotopic (exact) mass is 650 g/mol. The number of benzene rings is 8. The molecule has 0 saturated heterocycles. The molecule has 0 unspecified atom stereocenters. The average Bonchev–Trinajstić information content (AvgIpc) is 3.54. The van der Waals surface area contributed by atoms with E-state index in [4.69, 9.17) is 0 Å². The van der Waals surface area contributed by atoms with E-state index in [1.54, 1.807) is 0 Å². The number of aromatic nitrogens is 3. The lowest BCUT2D eigenvalue weighted by Crippen LogP contribution is -2.13. The van der Waals surface area contributed by atoms with Gasteiger partial charge in [0.25, 0.3) is 0 Å². The van der Waals surface area contributed by atoms with Gasteiger partial charge in [0.15, 0.2) is 0 Å². The van der Waals surface area contributed by atoms with Crippen molar-refractivity contribution in [3.05, 3.63) is 183 Å². The molecule has 1 aromatic heterocycles. The standard InChI is InChI=1S/C47H30N4/c1-4-13-32(14-5-1)42-38-19-10-11-20-39(38)43(33-15-6-2-7-16-33)46-41-28-27-36(37-21-12-22-40(44(37)41)45(42)46)31-23-25-35(26-24-31)51(34-17-8-3-9-18-34)47-49-29-48-30-50-47/h1-30H. The zero-order chi connectivity index (χ0) is 33.7. The normalized spacial score (nSPS) is 11.5. The Morgan fingerprint density at radius 2 is 0.824 bits per heavy atom. The smallest absolute Gasteiger partial charge is 0.237 e. The lowest BCUT2D eigenvalue weighted by Gasteiger charge is -2.23. The molecule has 0 aliphatic heterocycles. The minimum atomic E-state index is 0.572. The summed E-state index contributed by atoms with van der Waals surface area (Å²) < 4.78 is 0. The first-order chi connectivity index (χ1) is 25.3. The molecule has 238 valence electrons. The third kappa shape index (κ3) is 4.65. The minimum Gasteiger partial charge on any atom is -0.279 e. The second-order valence-electron chi connectivity index (χ2n) is 12.8. The molecule has 4 nitrogen and oxygen atoms in total. The number of fused-ring (bicyclic) bond motifs is 4. The maximum Gasteiger partial charge on any atom is 0.237 e. The van der Waals surface area contributed by atoms with Crippen LogP contribution in [0.2, 0.25) is 0 Å². The van der Waals surface area contributed by atoms with E-state index >= 15 is 0 Å². The van der Waals surface area contributed by atoms with Crippen LogP contribution in [0.15, 0.2) is 183 Å². The Morgan fingerprint density at radius 3 is 1.43 bits per heavy atom. The molecular weight excluding hydrogens is 621 g/mol. The SMILES string of the molecule is c1ccc(-c2c3c(c(-c4ccccc4)c4ccccc24)-c2ccc(-c4ccc(N(c5ccccc5)c5ncncn5)cc4)c4cccc-3c24)cc1. The summed E-state index contributed by atoms with van der Waals surface area (Å²) in [5, 5.41) is 5.08. The van der Waals surface area contributed by atoms with Crippen molar-refractivity contribution in [3.8, 4) is 55.6 Å². The van der Waals surface area contributed by atoms with Gasteiger partial charge >= 0.3 is 0 Å². The van der Waals surface area contributed by atoms with Gasteiger partial charge in [0.1, 0.15) is 12.7 Å². The highest BCUT2D eigenvalue weighted by molar-refractivity contribution is 6.28. The van der Waals surface area contributed by atoms with E-state index in [1.165, 1.54) is 84.3 Å². The first-order valence-electron chi connectivity index (χ1n) is 17.2. The molecule has 9 aromatic rings. The van der Waals surface area contributed by atoms with Gasteiger partial charge in [-0.15, -0.1) is 0 Å². The van der Waals surface area contributed by atoms with Crippen LogP contribution in [0.5, 0.6) is 0 Å². The average molecular weight is 651 g/mol. The van der Waals surface area contributed by atoms with E-state index in [-0.39, 0.29) is 0 Å². The van der Waals surface area contributed by atoms with Crippen LogP contribution >= 0.6 is 0 Å². The number of hydrogen-bond acceptors (Lipinski definition) is 4. The Kier molecular flexibility index (Phi) is 6.78. The van der Waals surface area contributed by atoms with Gasteiger partial charge < -0.3 is 0 Å². The molecule has 1 aliphatic rings. The Hall–Kier alpha value is -6.91. The predicted octanol–water partition coefficient (Wildman–Crippen LogP) is 12.3. The van der Waals surface area contributed by atoms with E-state index in [9.17, 15) is 0 Å². The molecule has 0 saturated carbocycles. The van der Waals surface area contributed by atoms with Gasteiger partial charge in [-0.05, 0) is 101 Å². The fourth-order valence-electron chi connectivity index (χ4n) is 7.96. The summed E-state index contributed by atoms with van der Waals surface area (Å²) >= 11 is 0. The Balaban J connectivity index is 1.19. The van der Waals surface area contributed by atoms with Crippen LogP contribution in [-0.2, 0) is 0 Å². The molecule has 1 aliphatic carbocycles. The third-order valence-corrected chi connectivity index (χ3v) is 10.1. The lowest BCUT2D eigenvalue weighted by molar-refractivity contribution is 1.01. The molecule has 4 heteroatoms. The highest BCUT2D eigenvalue weighted by Gasteiger charge is 2.31. The van der Waals surface area contributed by atoms with Crippen LogP contribution in [0.25, 0.3) is 77.2 Å². The van der Waals surface area contributed by atoms with Gasteiger partial charge in [-0.1, -0.05) is 146 Å². The van der Waals surface area contributed by atoms with Crippen LogP contribution < -0.4 is 4.90 Å². The summed E-state index contributed by atoms with van der Waals surface area (Å²) in [6.45, 7) is 0. The lowest BCUT2D eigenvalue weighted by atomic mass is 9.82. The molecule has 0 spiro atoms. The van der Waals surface area contributed by atoms with Gasteiger partial charge in [0.2, 0.25) is 5.95 Å². The first kappa shape index (κ1) is 29.0. The van der Waals surface area contributed by atoms with E-state index in [2.05, 4.69) is 172 Å². The molecule has 0 bridgehead atoms. The fourth-order valence-corrected chi connectivity index (χ4v) is 7.96. The van der Waals surface area contributed by atoms with Crippen molar-refractivity contribution in [3.63, 3.8) is 0 Å². The molecule has 51 heavy (non-hydrogen) atoms. The molecule has 8 aromatic carbocycles. The van der Waals surface area contributed by atoms with Gasteiger partial charge in [0.05, 0.1) is 0 Å². The van der Waals surface area contributed by atoms with Crippen molar-refractivity contribution in [1.29, 1.82) is 0 Å². The highest BCUT2D eigenvalue weighted by atomic mass is 15.3. The second-order valence-corrected chi connectivity index (χ2v) is 12.8. The second kappa shape index (κ2) is 11.9. The number of para-hydroxylation sites is 1. The van der Waals surface area contributed by atoms with Crippen LogP contribution in [0, 0.1) is 0 Å². The van der Waals surface area contributed by atoms with Crippen molar-refractivity contribution < 1.29 is 0 Å². The van der Waals surface area contributed by atoms with Crippen molar-refractivity contribution in [2.24, 2.45) is 0 Å². The van der Waals surface area contributed by atoms with Crippen molar-refractivity contribution >= 4 is 38.9 Å². The van der Waals surface area contributed by atoms with Gasteiger partial charge in [-0.25, -0.2) is 15.0 Å². The van der Waals surface area contributed by atoms with Gasteiger partial charge in [-0.2, -0.15) is 0 Å². The van der Waals surface area contributed by atoms with Gasteiger partial charge in [-0.3, -0.25) is 4.90 Å². The summed E-state index contributed by atoms with van der Waals surface area (Å²) in [5.74, 6) is 0.572. The highest BCUT2D eigenvalue weighted by Crippen LogP contribution is 2.58. The number of anilines is 3. The molecule has 10 rings (SSSR count). The third-order valence-electron chi connectivity index (χ3n) is 10.1. The Bertz CT molecular complexity index is 2580. The number of rotatable bonds is 6. The Morgan fingerprint density at radius 1 is 0.333 bits per heavy atom. The first-order valence-corrected chi connectivity index (χ1v) is 17.2. The summed E-state index contributed by atoms with van der Waals surface area (Å²) in [7, 11) is 0. The van der Waals surface area contributed by atoms with Crippen molar-refractivity contribution in [2.45, 2.75) is 0 Å². The molecule has 0 fully saturated rings. The summed E-state index contributed by atoms with van der Waals surface area (Å²) in [6.07, 6.45) is 3.07. The van der Waals surface area contributed by atoms with Gasteiger partial charge in [0, 0.05) is 11.4 Å². The zero-order valence-electron chi connectivity index (χ0n) is 27.6. The molecular formula is C47H30N4. The largest absolute Gasteiger partial charge is 0.279 e. The molecule has 0 radical (unpaired) electrons. The Labute approximate surface area is 296 Å². The van der Waals surface area contributed by atoms with Crippen molar-refractivity contribution in [2.75, 3.05) is 4.90 Å². The van der Waals surface area contributed by atoms with Crippen LogP contribution in [0.4, 0.5) is 17.3 Å². The fraction of sp³-hybridized carbons (Fsp3) is 0. The van der Waals surface area contributed by atoms with E-state index in [0.717, 1.165) is 16.9 Å². The van der Waals surface area contributed by atoms with Crippen LogP contribution in [0.3, 0.4) is 0 Å². The predicted molar refractivity (Wildman–Crippen MR) is 210 cm³/mol. The van der Waals surface area contributed by atoms with E-state index in [1.807, 2.05) is 18.2 Å². The topological polar surface area (TPSA) is 41.9 Å². The summed E-state index contributed by atoms with van der Waals surface area (Å²) in [5.41, 5.74) is 14.5. The van der Waals surface area contributed by atoms with E-state index < -0.39 is 0 Å². The van der Waals surface area contributed by atoms with Crippen LogP contribution in [0.1, 0.15) is 0 Å². The number of nitrogens with zero attached hydrogens (tertiary/aromatic N) is 4. The molecule has 0 atom stereocenters. The zero-order valence-corrected chi connectivity index (χ0v) is 27.6. The maximum absolute atomic E-state index is 4.48. The van der Waals surface area contributed by atoms with E-state index in [0.29, 0.717) is 5.95 Å². The van der Waals surface area contributed by atoms with Crippen molar-refractivity contribution in [1.82, 2.24) is 15.0 Å². The summed E-state index contributed by atoms with van der Waals surface area (Å²) in [4.78, 5) is 15.1. The maximum atomic E-state index is 4.48. The molecule has 0 amide bonds. The molecule has 0 N–H and O–H groups in total. The number of hydrogen-bond donors (Lipinski definition) is 0.